The zero-order chi connectivity index (χ0) is 20.1. The summed E-state index contributed by atoms with van der Waals surface area (Å²) in [5, 5.41) is 14.3. The first-order valence-electron chi connectivity index (χ1n) is 8.15. The quantitative estimate of drug-likeness (QED) is 0.534. The van der Waals surface area contributed by atoms with E-state index in [1.807, 2.05) is 6.92 Å². The fraction of sp³-hybridized carbons (Fsp3) is 0.118. The van der Waals surface area contributed by atoms with Gasteiger partial charge >= 0.3 is 6.03 Å². The van der Waals surface area contributed by atoms with Crippen LogP contribution in [0, 0.1) is 0 Å². The van der Waals surface area contributed by atoms with E-state index in [4.69, 9.17) is 11.6 Å². The second-order valence-corrected chi connectivity index (χ2v) is 8.69. The summed E-state index contributed by atoms with van der Waals surface area (Å²) in [4.78, 5) is 12.2. The van der Waals surface area contributed by atoms with Gasteiger partial charge in [-0.1, -0.05) is 42.0 Å². The number of nitrogens with zero attached hydrogens (tertiary/aromatic N) is 2. The molecule has 3 rings (SSSR count). The van der Waals surface area contributed by atoms with Gasteiger partial charge in [-0.25, -0.2) is 13.2 Å². The van der Waals surface area contributed by atoms with Crippen LogP contribution in [0.3, 0.4) is 0 Å². The Kier molecular flexibility index (Phi) is 6.12. The molecule has 8 nitrogen and oxygen atoms in total. The second kappa shape index (κ2) is 8.55. The number of para-hydroxylation sites is 1. The van der Waals surface area contributed by atoms with Crippen LogP contribution in [0.25, 0.3) is 0 Å². The van der Waals surface area contributed by atoms with Crippen LogP contribution >= 0.6 is 22.9 Å². The monoisotopic (exact) mass is 437 g/mol. The van der Waals surface area contributed by atoms with Crippen molar-refractivity contribution in [1.29, 1.82) is 0 Å². The lowest BCUT2D eigenvalue weighted by Gasteiger charge is -2.12. The highest BCUT2D eigenvalue weighted by Gasteiger charge is 2.21. The maximum Gasteiger partial charge on any atom is 0.323 e. The van der Waals surface area contributed by atoms with E-state index in [2.05, 4.69) is 25.6 Å². The normalized spacial score (nSPS) is 11.1. The van der Waals surface area contributed by atoms with Crippen molar-refractivity contribution in [3.05, 3.63) is 58.6 Å². The van der Waals surface area contributed by atoms with E-state index < -0.39 is 16.1 Å². The van der Waals surface area contributed by atoms with Gasteiger partial charge in [0, 0.05) is 10.7 Å². The molecule has 2 aromatic carbocycles. The number of aryl methyl sites for hydroxylation is 1. The summed E-state index contributed by atoms with van der Waals surface area (Å²) < 4.78 is 27.9. The number of anilines is 3. The van der Waals surface area contributed by atoms with E-state index in [9.17, 15) is 13.2 Å². The van der Waals surface area contributed by atoms with Crippen molar-refractivity contribution in [2.24, 2.45) is 0 Å². The third-order valence-corrected chi connectivity index (χ3v) is 6.28. The molecule has 0 saturated carbocycles. The van der Waals surface area contributed by atoms with E-state index in [1.165, 1.54) is 12.1 Å². The summed E-state index contributed by atoms with van der Waals surface area (Å²) in [5.41, 5.74) is 0.642. The lowest BCUT2D eigenvalue weighted by atomic mass is 10.3. The molecule has 0 saturated heterocycles. The van der Waals surface area contributed by atoms with Gasteiger partial charge in [-0.2, -0.15) is 0 Å². The Balaban J connectivity index is 1.77. The summed E-state index contributed by atoms with van der Waals surface area (Å²) in [6.07, 6.45) is 0.655. The molecule has 1 heterocycles. The van der Waals surface area contributed by atoms with Gasteiger partial charge in [0.05, 0.1) is 5.69 Å². The molecule has 28 heavy (non-hydrogen) atoms. The van der Waals surface area contributed by atoms with Crippen molar-refractivity contribution >= 4 is 55.5 Å². The SMILES string of the molecule is CCc1nnc(NS(=O)(=O)c2ccccc2NC(=O)Nc2ccc(Cl)cc2)s1. The minimum atomic E-state index is -3.96. The molecule has 11 heteroatoms. The Hall–Kier alpha value is -2.69. The molecule has 0 spiro atoms. The van der Waals surface area contributed by atoms with Gasteiger partial charge in [-0.05, 0) is 42.8 Å². The van der Waals surface area contributed by atoms with Gasteiger partial charge in [0.2, 0.25) is 5.13 Å². The Morgan fingerprint density at radius 3 is 2.46 bits per heavy atom. The van der Waals surface area contributed by atoms with Crippen molar-refractivity contribution in [2.45, 2.75) is 18.2 Å². The van der Waals surface area contributed by atoms with Crippen LogP contribution in [0.1, 0.15) is 11.9 Å². The van der Waals surface area contributed by atoms with Crippen LogP contribution in [0.4, 0.5) is 21.3 Å². The van der Waals surface area contributed by atoms with Gasteiger partial charge in [0.25, 0.3) is 10.0 Å². The van der Waals surface area contributed by atoms with Gasteiger partial charge in [-0.15, -0.1) is 10.2 Å². The highest BCUT2D eigenvalue weighted by Crippen LogP contribution is 2.25. The predicted molar refractivity (Wildman–Crippen MR) is 111 cm³/mol. The average Bonchev–Trinajstić information content (AvgIpc) is 3.11. The number of benzene rings is 2. The first-order chi connectivity index (χ1) is 13.4. The number of urea groups is 1. The molecule has 3 aromatic rings. The second-order valence-electron chi connectivity index (χ2n) is 5.54. The molecule has 146 valence electrons. The Bertz CT molecular complexity index is 1080. The number of rotatable bonds is 6. The number of nitrogens with one attached hydrogen (secondary N) is 3. The van der Waals surface area contributed by atoms with Crippen LogP contribution in [0.15, 0.2) is 53.4 Å². The molecular weight excluding hydrogens is 422 g/mol. The van der Waals surface area contributed by atoms with E-state index in [0.717, 1.165) is 11.3 Å². The standard InChI is InChI=1S/C17H16ClN5O3S2/c1-2-15-21-22-17(27-15)23-28(25,26)14-6-4-3-5-13(14)20-16(24)19-12-9-7-11(18)8-10-12/h3-10H,2H2,1H3,(H,22,23)(H2,19,20,24). The van der Waals surface area contributed by atoms with Crippen molar-refractivity contribution in [1.82, 2.24) is 10.2 Å². The number of carbonyl (C=O) groups excluding carboxylic acids is 1. The molecule has 3 N–H and O–H groups in total. The van der Waals surface area contributed by atoms with Crippen molar-refractivity contribution < 1.29 is 13.2 Å². The third-order valence-electron chi connectivity index (χ3n) is 3.52. The zero-order valence-corrected chi connectivity index (χ0v) is 17.0. The van der Waals surface area contributed by atoms with Gasteiger partial charge < -0.3 is 10.6 Å². The fourth-order valence-electron chi connectivity index (χ4n) is 2.23. The van der Waals surface area contributed by atoms with Crippen molar-refractivity contribution in [3.8, 4) is 0 Å². The first-order valence-corrected chi connectivity index (χ1v) is 10.8. The van der Waals surface area contributed by atoms with Crippen molar-refractivity contribution in [3.63, 3.8) is 0 Å². The number of halogens is 1. The molecule has 2 amide bonds. The van der Waals surface area contributed by atoms with Gasteiger partial charge in [0.15, 0.2) is 0 Å². The number of carbonyl (C=O) groups is 1. The number of amides is 2. The summed E-state index contributed by atoms with van der Waals surface area (Å²) in [5.74, 6) is 0. The smallest absolute Gasteiger partial charge is 0.308 e. The maximum atomic E-state index is 12.7. The zero-order valence-electron chi connectivity index (χ0n) is 14.6. The predicted octanol–water partition coefficient (Wildman–Crippen LogP) is 4.20. The third kappa shape index (κ3) is 4.97. The topological polar surface area (TPSA) is 113 Å². The lowest BCUT2D eigenvalue weighted by molar-refractivity contribution is 0.262. The minimum Gasteiger partial charge on any atom is -0.308 e. The molecule has 0 atom stereocenters. The molecule has 0 unspecified atom stereocenters. The molecule has 0 aliphatic carbocycles. The molecule has 1 aromatic heterocycles. The van der Waals surface area contributed by atoms with Crippen LogP contribution in [-0.2, 0) is 16.4 Å². The Morgan fingerprint density at radius 2 is 1.79 bits per heavy atom. The van der Waals surface area contributed by atoms with Gasteiger partial charge in [-0.3, -0.25) is 4.72 Å². The molecule has 0 bridgehead atoms. The molecular formula is C17H16ClN5O3S2. The van der Waals surface area contributed by atoms with Crippen LogP contribution in [-0.4, -0.2) is 24.6 Å². The molecule has 0 fully saturated rings. The van der Waals surface area contributed by atoms with Crippen LogP contribution < -0.4 is 15.4 Å². The summed E-state index contributed by atoms with van der Waals surface area (Å²) in [7, 11) is -3.96. The highest BCUT2D eigenvalue weighted by molar-refractivity contribution is 7.93. The van der Waals surface area contributed by atoms with Crippen LogP contribution in [0.5, 0.6) is 0 Å². The van der Waals surface area contributed by atoms with Gasteiger partial charge in [0.1, 0.15) is 9.90 Å². The van der Waals surface area contributed by atoms with E-state index >= 15 is 0 Å². The number of hydrogen-bond acceptors (Lipinski definition) is 6. The Labute approximate surface area is 171 Å². The molecule has 0 aliphatic rings. The molecule has 0 aliphatic heterocycles. The van der Waals surface area contributed by atoms with E-state index in [-0.39, 0.29) is 15.7 Å². The average molecular weight is 438 g/mol. The minimum absolute atomic E-state index is 0.0884. The van der Waals surface area contributed by atoms with Crippen LogP contribution in [0.2, 0.25) is 5.02 Å². The first kappa shape index (κ1) is 20.1. The highest BCUT2D eigenvalue weighted by atomic mass is 35.5. The number of aromatic nitrogens is 2. The maximum absolute atomic E-state index is 12.7. The largest absolute Gasteiger partial charge is 0.323 e. The summed E-state index contributed by atoms with van der Waals surface area (Å²) >= 11 is 6.97. The number of sulfonamides is 1. The molecule has 0 radical (unpaired) electrons. The Morgan fingerprint density at radius 1 is 1.07 bits per heavy atom. The summed E-state index contributed by atoms with van der Waals surface area (Å²) in [6.45, 7) is 1.90. The van der Waals surface area contributed by atoms with E-state index in [1.54, 1.807) is 36.4 Å². The lowest BCUT2D eigenvalue weighted by Crippen LogP contribution is -2.22. The fourth-order valence-corrected chi connectivity index (χ4v) is 4.43. The number of hydrogen-bond donors (Lipinski definition) is 3. The van der Waals surface area contributed by atoms with Crippen molar-refractivity contribution in [2.75, 3.05) is 15.4 Å². The summed E-state index contributed by atoms with van der Waals surface area (Å²) in [6, 6.07) is 12.0. The van der Waals surface area contributed by atoms with E-state index in [0.29, 0.717) is 22.1 Å².